The third-order valence-electron chi connectivity index (χ3n) is 5.85. The Labute approximate surface area is 215 Å². The summed E-state index contributed by atoms with van der Waals surface area (Å²) in [5.41, 5.74) is 1.03. The first-order chi connectivity index (χ1) is 17.4. The Morgan fingerprint density at radius 3 is 2.30 bits per heavy atom. The molecule has 200 valence electrons. The topological polar surface area (TPSA) is 118 Å². The number of rotatable bonds is 11. The molecular formula is C27H33FN2O7. The summed E-state index contributed by atoms with van der Waals surface area (Å²) in [7, 11) is 1.41. The lowest BCUT2D eigenvalue weighted by molar-refractivity contribution is -0.139. The van der Waals surface area contributed by atoms with Gasteiger partial charge in [0.1, 0.15) is 5.84 Å². The molecule has 37 heavy (non-hydrogen) atoms. The molecule has 0 saturated heterocycles. The molecule has 0 radical (unpaired) electrons. The number of carbonyl (C=O) groups excluding carboxylic acids is 1. The van der Waals surface area contributed by atoms with Crippen LogP contribution in [0.3, 0.4) is 0 Å². The number of ether oxygens (including phenoxy) is 4. The van der Waals surface area contributed by atoms with Crippen LogP contribution in [-0.4, -0.2) is 61.1 Å². The fourth-order valence-electron chi connectivity index (χ4n) is 4.18. The minimum Gasteiger partial charge on any atom is -0.493 e. The Morgan fingerprint density at radius 2 is 1.73 bits per heavy atom. The van der Waals surface area contributed by atoms with Gasteiger partial charge in [-0.2, -0.15) is 0 Å². The Bertz CT molecular complexity index is 1220. The van der Waals surface area contributed by atoms with Crippen LogP contribution >= 0.6 is 0 Å². The van der Waals surface area contributed by atoms with E-state index in [1.807, 2.05) is 20.8 Å². The van der Waals surface area contributed by atoms with Crippen molar-refractivity contribution < 1.29 is 38.0 Å². The number of halogens is 1. The number of amidine groups is 1. The molecule has 3 rings (SSSR count). The number of carboxylic acid groups (broad SMARTS) is 1. The molecule has 0 amide bonds. The van der Waals surface area contributed by atoms with Crippen LogP contribution in [-0.2, 0) is 16.8 Å². The summed E-state index contributed by atoms with van der Waals surface area (Å²) in [6.45, 7) is 9.21. The fraction of sp³-hybridized carbons (Fsp3) is 0.444. The second kappa shape index (κ2) is 11.1. The highest BCUT2D eigenvalue weighted by molar-refractivity contribution is 6.06. The normalized spacial score (nSPS) is 12.8. The molecule has 2 N–H and O–H groups in total. The van der Waals surface area contributed by atoms with Gasteiger partial charge in [-0.3, -0.25) is 10.2 Å². The van der Waals surface area contributed by atoms with Crippen LogP contribution < -0.4 is 18.9 Å². The summed E-state index contributed by atoms with van der Waals surface area (Å²) in [5, 5.41) is 17.6. The van der Waals surface area contributed by atoms with E-state index < -0.39 is 23.8 Å². The second-order valence-electron chi connectivity index (χ2n) is 9.53. The summed E-state index contributed by atoms with van der Waals surface area (Å²) in [5.74, 6) is -1.55. The summed E-state index contributed by atoms with van der Waals surface area (Å²) < 4.78 is 37.3. The highest BCUT2D eigenvalue weighted by Gasteiger charge is 2.34. The van der Waals surface area contributed by atoms with Crippen LogP contribution in [0.25, 0.3) is 0 Å². The fourth-order valence-corrected chi connectivity index (χ4v) is 4.18. The Balaban J connectivity index is 1.94. The van der Waals surface area contributed by atoms with Crippen molar-refractivity contribution in [1.29, 1.82) is 5.41 Å². The zero-order valence-corrected chi connectivity index (χ0v) is 22.0. The van der Waals surface area contributed by atoms with E-state index in [1.165, 1.54) is 18.1 Å². The minimum atomic E-state index is -1.14. The van der Waals surface area contributed by atoms with E-state index in [1.54, 1.807) is 26.0 Å². The average Bonchev–Trinajstić information content (AvgIpc) is 3.13. The second-order valence-corrected chi connectivity index (χ2v) is 9.53. The summed E-state index contributed by atoms with van der Waals surface area (Å²) >= 11 is 0. The van der Waals surface area contributed by atoms with E-state index in [0.717, 1.165) is 0 Å². The maximum absolute atomic E-state index is 15.4. The summed E-state index contributed by atoms with van der Waals surface area (Å²) in [6, 6.07) is 4.79. The Hall–Kier alpha value is -3.82. The van der Waals surface area contributed by atoms with Crippen LogP contribution in [0.4, 0.5) is 4.39 Å². The van der Waals surface area contributed by atoms with E-state index in [-0.39, 0.29) is 59.9 Å². The van der Waals surface area contributed by atoms with Crippen LogP contribution in [0.15, 0.2) is 18.2 Å². The summed E-state index contributed by atoms with van der Waals surface area (Å²) in [4.78, 5) is 25.9. The minimum absolute atomic E-state index is 0.0440. The van der Waals surface area contributed by atoms with E-state index in [0.29, 0.717) is 23.3 Å². The number of aliphatic carboxylic acids is 1. The van der Waals surface area contributed by atoms with Crippen molar-refractivity contribution >= 4 is 17.6 Å². The first-order valence-electron chi connectivity index (χ1n) is 12.0. The monoisotopic (exact) mass is 516 g/mol. The predicted molar refractivity (Wildman–Crippen MR) is 135 cm³/mol. The number of nitrogens with zero attached hydrogens (tertiary/aromatic N) is 1. The van der Waals surface area contributed by atoms with E-state index in [9.17, 15) is 9.59 Å². The molecule has 1 heterocycles. The standard InChI is InChI=1S/C27H33FN2O7/c1-7-35-20-11-16-12-30(26(29)22(16)23(28)25(20)36-8-2)13-18(31)15-9-17(27(3,4)5)24(19(10-15)34-6)37-14-21(32)33/h9-11,29H,7-8,12-14H2,1-6H3,(H,32,33). The number of carboxylic acids is 1. The van der Waals surface area contributed by atoms with Gasteiger partial charge in [-0.05, 0) is 43.0 Å². The van der Waals surface area contributed by atoms with Crippen molar-refractivity contribution in [3.8, 4) is 23.0 Å². The molecule has 0 unspecified atom stereocenters. The van der Waals surface area contributed by atoms with Crippen molar-refractivity contribution in [3.05, 3.63) is 46.3 Å². The molecule has 0 aliphatic carbocycles. The highest BCUT2D eigenvalue weighted by atomic mass is 19.1. The summed E-state index contributed by atoms with van der Waals surface area (Å²) in [6.07, 6.45) is 0. The quantitative estimate of drug-likeness (QED) is 0.422. The molecule has 0 spiro atoms. The Morgan fingerprint density at radius 1 is 1.05 bits per heavy atom. The molecule has 0 bridgehead atoms. The number of Topliss-reactive ketones (excluding diaryl/α,β-unsaturated/α-hetero) is 1. The number of methoxy groups -OCH3 is 1. The Kier molecular flexibility index (Phi) is 8.30. The lowest BCUT2D eigenvalue weighted by Gasteiger charge is -2.25. The van der Waals surface area contributed by atoms with Gasteiger partial charge in [0.25, 0.3) is 0 Å². The van der Waals surface area contributed by atoms with Gasteiger partial charge in [0, 0.05) is 17.7 Å². The number of carbonyl (C=O) groups is 2. The maximum Gasteiger partial charge on any atom is 0.341 e. The van der Waals surface area contributed by atoms with Gasteiger partial charge in [0.2, 0.25) is 0 Å². The molecule has 0 atom stereocenters. The van der Waals surface area contributed by atoms with Crippen molar-refractivity contribution in [3.63, 3.8) is 0 Å². The molecular weight excluding hydrogens is 483 g/mol. The maximum atomic E-state index is 15.4. The van der Waals surface area contributed by atoms with Crippen LogP contribution in [0, 0.1) is 11.2 Å². The highest BCUT2D eigenvalue weighted by Crippen LogP contribution is 2.41. The lowest BCUT2D eigenvalue weighted by Crippen LogP contribution is -2.30. The van der Waals surface area contributed by atoms with Crippen molar-refractivity contribution in [2.45, 2.75) is 46.6 Å². The van der Waals surface area contributed by atoms with E-state index in [2.05, 4.69) is 0 Å². The van der Waals surface area contributed by atoms with Gasteiger partial charge >= 0.3 is 5.97 Å². The molecule has 2 aromatic carbocycles. The van der Waals surface area contributed by atoms with Crippen molar-refractivity contribution in [2.75, 3.05) is 33.5 Å². The molecule has 0 saturated carbocycles. The number of hydrogen-bond acceptors (Lipinski definition) is 7. The molecule has 1 aliphatic rings. The lowest BCUT2D eigenvalue weighted by atomic mass is 9.84. The number of nitrogens with one attached hydrogen (secondary N) is 1. The number of benzene rings is 2. The van der Waals surface area contributed by atoms with Crippen LogP contribution in [0.1, 0.15) is 61.7 Å². The number of hydrogen-bond donors (Lipinski definition) is 2. The largest absolute Gasteiger partial charge is 0.493 e. The molecule has 0 fully saturated rings. The third-order valence-corrected chi connectivity index (χ3v) is 5.85. The van der Waals surface area contributed by atoms with Crippen LogP contribution in [0.5, 0.6) is 23.0 Å². The van der Waals surface area contributed by atoms with E-state index in [4.69, 9.17) is 29.5 Å². The molecule has 0 aromatic heterocycles. The molecule has 10 heteroatoms. The number of fused-ring (bicyclic) bond motifs is 1. The third kappa shape index (κ3) is 5.79. The smallest absolute Gasteiger partial charge is 0.341 e. The van der Waals surface area contributed by atoms with Gasteiger partial charge < -0.3 is 29.0 Å². The predicted octanol–water partition coefficient (Wildman–Crippen LogP) is 4.42. The van der Waals surface area contributed by atoms with Gasteiger partial charge in [-0.25, -0.2) is 9.18 Å². The first kappa shape index (κ1) is 27.8. The zero-order chi connectivity index (χ0) is 27.5. The van der Waals surface area contributed by atoms with Gasteiger partial charge in [0.15, 0.2) is 41.2 Å². The molecule has 1 aliphatic heterocycles. The first-order valence-corrected chi connectivity index (χ1v) is 12.0. The van der Waals surface area contributed by atoms with Crippen molar-refractivity contribution in [2.24, 2.45) is 0 Å². The van der Waals surface area contributed by atoms with Gasteiger partial charge in [-0.1, -0.05) is 20.8 Å². The molecule has 2 aromatic rings. The van der Waals surface area contributed by atoms with Gasteiger partial charge in [0.05, 0.1) is 32.4 Å². The average molecular weight is 517 g/mol. The van der Waals surface area contributed by atoms with E-state index >= 15 is 4.39 Å². The number of ketones is 1. The van der Waals surface area contributed by atoms with Crippen molar-refractivity contribution in [1.82, 2.24) is 4.90 Å². The molecule has 9 nitrogen and oxygen atoms in total. The SMILES string of the molecule is CCOc1cc2c(c(F)c1OCC)C(=N)N(CC(=O)c1cc(OC)c(OCC(=O)O)c(C(C)(C)C)c1)C2. The van der Waals surface area contributed by atoms with Crippen LogP contribution in [0.2, 0.25) is 0 Å². The van der Waals surface area contributed by atoms with Gasteiger partial charge in [-0.15, -0.1) is 0 Å². The zero-order valence-electron chi connectivity index (χ0n) is 22.0.